The molecular weight excluding hydrogens is 331 g/mol. The molecule has 1 amide bonds. The van der Waals surface area contributed by atoms with Gasteiger partial charge in [0.05, 0.1) is 11.5 Å². The van der Waals surface area contributed by atoms with Crippen molar-refractivity contribution in [2.24, 2.45) is 0 Å². The quantitative estimate of drug-likeness (QED) is 0.564. The molecule has 126 valence electrons. The Morgan fingerprint density at radius 1 is 1.24 bits per heavy atom. The third-order valence-corrected chi connectivity index (χ3v) is 3.29. The molecule has 1 N–H and O–H groups in total. The van der Waals surface area contributed by atoms with Gasteiger partial charge in [0.1, 0.15) is 5.82 Å². The van der Waals surface area contributed by atoms with E-state index in [-0.39, 0.29) is 29.5 Å². The van der Waals surface area contributed by atoms with Gasteiger partial charge in [-0.25, -0.2) is 4.39 Å². The van der Waals surface area contributed by atoms with Crippen LogP contribution in [-0.4, -0.2) is 21.0 Å². The van der Waals surface area contributed by atoms with Crippen LogP contribution in [0.2, 0.25) is 0 Å². The standard InChI is InChI=1S/C16H11FN4O4/c17-12-3-1-2-11(8-12)16(22)18-9-14-19-15(20-25-14)10-4-6-13(7-5-10)21(23)24/h1-8H,9H2,(H,18,22). The summed E-state index contributed by atoms with van der Waals surface area (Å²) >= 11 is 0. The van der Waals surface area contributed by atoms with E-state index in [1.54, 1.807) is 0 Å². The largest absolute Gasteiger partial charge is 0.343 e. The number of carbonyl (C=O) groups is 1. The van der Waals surface area contributed by atoms with E-state index < -0.39 is 16.6 Å². The Labute approximate surface area is 140 Å². The highest BCUT2D eigenvalue weighted by Crippen LogP contribution is 2.19. The maximum Gasteiger partial charge on any atom is 0.269 e. The van der Waals surface area contributed by atoms with Crippen molar-refractivity contribution in [3.8, 4) is 11.4 Å². The molecule has 8 nitrogen and oxygen atoms in total. The number of amides is 1. The first-order valence-electron chi connectivity index (χ1n) is 7.14. The van der Waals surface area contributed by atoms with Crippen LogP contribution in [0.5, 0.6) is 0 Å². The Morgan fingerprint density at radius 3 is 2.68 bits per heavy atom. The third kappa shape index (κ3) is 3.83. The molecule has 25 heavy (non-hydrogen) atoms. The molecule has 0 bridgehead atoms. The maximum absolute atomic E-state index is 13.1. The van der Waals surface area contributed by atoms with Crippen molar-refractivity contribution < 1.29 is 18.6 Å². The molecule has 0 atom stereocenters. The van der Waals surface area contributed by atoms with E-state index in [2.05, 4.69) is 15.5 Å². The molecule has 0 radical (unpaired) electrons. The summed E-state index contributed by atoms with van der Waals surface area (Å²) < 4.78 is 18.1. The summed E-state index contributed by atoms with van der Waals surface area (Å²) in [6, 6.07) is 10.9. The molecule has 0 saturated carbocycles. The van der Waals surface area contributed by atoms with Gasteiger partial charge in [-0.3, -0.25) is 14.9 Å². The number of aromatic nitrogens is 2. The number of nitro groups is 1. The fourth-order valence-electron chi connectivity index (χ4n) is 2.06. The first-order chi connectivity index (χ1) is 12.0. The average Bonchev–Trinajstić information content (AvgIpc) is 3.08. The topological polar surface area (TPSA) is 111 Å². The minimum absolute atomic E-state index is 0.0324. The number of hydrogen-bond donors (Lipinski definition) is 1. The van der Waals surface area contributed by atoms with Crippen LogP contribution in [0, 0.1) is 15.9 Å². The van der Waals surface area contributed by atoms with Gasteiger partial charge in [0.15, 0.2) is 0 Å². The highest BCUT2D eigenvalue weighted by molar-refractivity contribution is 5.94. The number of benzene rings is 2. The molecule has 1 heterocycles. The van der Waals surface area contributed by atoms with Crippen molar-refractivity contribution >= 4 is 11.6 Å². The van der Waals surface area contributed by atoms with E-state index in [0.717, 1.165) is 6.07 Å². The van der Waals surface area contributed by atoms with Gasteiger partial charge < -0.3 is 9.84 Å². The van der Waals surface area contributed by atoms with E-state index in [1.165, 1.54) is 42.5 Å². The van der Waals surface area contributed by atoms with Gasteiger partial charge >= 0.3 is 0 Å². The second-order valence-corrected chi connectivity index (χ2v) is 5.01. The lowest BCUT2D eigenvalue weighted by Crippen LogP contribution is -2.23. The molecule has 0 unspecified atom stereocenters. The van der Waals surface area contributed by atoms with Gasteiger partial charge in [0, 0.05) is 23.3 Å². The average molecular weight is 342 g/mol. The number of non-ortho nitro benzene ring substituents is 1. The summed E-state index contributed by atoms with van der Waals surface area (Å²) in [6.45, 7) is -0.0324. The smallest absolute Gasteiger partial charge is 0.269 e. The number of halogens is 1. The Hall–Kier alpha value is -3.62. The normalized spacial score (nSPS) is 10.4. The van der Waals surface area contributed by atoms with E-state index >= 15 is 0 Å². The summed E-state index contributed by atoms with van der Waals surface area (Å²) in [5.41, 5.74) is 0.669. The van der Waals surface area contributed by atoms with Gasteiger partial charge in [-0.05, 0) is 30.3 Å². The summed E-state index contributed by atoms with van der Waals surface area (Å²) in [5.74, 6) is -0.594. The fourth-order valence-corrected chi connectivity index (χ4v) is 2.06. The lowest BCUT2D eigenvalue weighted by atomic mass is 10.2. The molecule has 0 aliphatic carbocycles. The summed E-state index contributed by atoms with van der Waals surface area (Å²) in [7, 11) is 0. The number of nitro benzene ring substituents is 1. The Morgan fingerprint density at radius 2 is 2.00 bits per heavy atom. The molecular formula is C16H11FN4O4. The van der Waals surface area contributed by atoms with E-state index in [1.807, 2.05) is 0 Å². The van der Waals surface area contributed by atoms with Gasteiger partial charge in [-0.2, -0.15) is 4.98 Å². The van der Waals surface area contributed by atoms with Crippen LogP contribution >= 0.6 is 0 Å². The second-order valence-electron chi connectivity index (χ2n) is 5.01. The number of nitrogens with zero attached hydrogens (tertiary/aromatic N) is 3. The molecule has 1 aromatic heterocycles. The summed E-state index contributed by atoms with van der Waals surface area (Å²) in [6.07, 6.45) is 0. The Bertz CT molecular complexity index is 924. The van der Waals surface area contributed by atoms with Gasteiger partial charge in [-0.1, -0.05) is 11.2 Å². The fraction of sp³-hybridized carbons (Fsp3) is 0.0625. The Balaban J connectivity index is 1.65. The zero-order valence-electron chi connectivity index (χ0n) is 12.7. The molecule has 3 rings (SSSR count). The van der Waals surface area contributed by atoms with Crippen LogP contribution in [0.3, 0.4) is 0 Å². The van der Waals surface area contributed by atoms with Crippen LogP contribution in [0.15, 0.2) is 53.1 Å². The van der Waals surface area contributed by atoms with Crippen molar-refractivity contribution in [2.45, 2.75) is 6.54 Å². The molecule has 0 saturated heterocycles. The summed E-state index contributed by atoms with van der Waals surface area (Å²) in [5, 5.41) is 16.9. The molecule has 0 aliphatic heterocycles. The zero-order valence-corrected chi connectivity index (χ0v) is 12.7. The van der Waals surface area contributed by atoms with Crippen LogP contribution in [0.1, 0.15) is 16.2 Å². The van der Waals surface area contributed by atoms with Crippen molar-refractivity contribution in [1.82, 2.24) is 15.5 Å². The zero-order chi connectivity index (χ0) is 17.8. The Kier molecular flexibility index (Phi) is 4.46. The molecule has 3 aromatic rings. The van der Waals surface area contributed by atoms with E-state index in [9.17, 15) is 19.3 Å². The molecule has 9 heteroatoms. The predicted molar refractivity (Wildman–Crippen MR) is 84.0 cm³/mol. The first kappa shape index (κ1) is 16.2. The van der Waals surface area contributed by atoms with Crippen LogP contribution < -0.4 is 5.32 Å². The predicted octanol–water partition coefficient (Wildman–Crippen LogP) is 2.71. The number of hydrogen-bond acceptors (Lipinski definition) is 6. The highest BCUT2D eigenvalue weighted by Gasteiger charge is 2.12. The lowest BCUT2D eigenvalue weighted by molar-refractivity contribution is -0.384. The van der Waals surface area contributed by atoms with Gasteiger partial charge in [0.2, 0.25) is 11.7 Å². The number of carbonyl (C=O) groups excluding carboxylic acids is 1. The van der Waals surface area contributed by atoms with Gasteiger partial charge in [0.25, 0.3) is 11.6 Å². The molecule has 2 aromatic carbocycles. The second kappa shape index (κ2) is 6.87. The van der Waals surface area contributed by atoms with Crippen molar-refractivity contribution in [1.29, 1.82) is 0 Å². The van der Waals surface area contributed by atoms with Crippen LogP contribution in [0.25, 0.3) is 11.4 Å². The van der Waals surface area contributed by atoms with Crippen molar-refractivity contribution in [2.75, 3.05) is 0 Å². The lowest BCUT2D eigenvalue weighted by Gasteiger charge is -2.02. The van der Waals surface area contributed by atoms with E-state index in [4.69, 9.17) is 4.52 Å². The summed E-state index contributed by atoms with van der Waals surface area (Å²) in [4.78, 5) is 26.1. The van der Waals surface area contributed by atoms with Crippen molar-refractivity contribution in [3.63, 3.8) is 0 Å². The third-order valence-electron chi connectivity index (χ3n) is 3.29. The van der Waals surface area contributed by atoms with E-state index in [0.29, 0.717) is 5.56 Å². The van der Waals surface area contributed by atoms with Crippen LogP contribution in [0.4, 0.5) is 10.1 Å². The van der Waals surface area contributed by atoms with Crippen LogP contribution in [-0.2, 0) is 6.54 Å². The molecule has 0 spiro atoms. The maximum atomic E-state index is 13.1. The minimum atomic E-state index is -0.508. The monoisotopic (exact) mass is 342 g/mol. The highest BCUT2D eigenvalue weighted by atomic mass is 19.1. The first-order valence-corrected chi connectivity index (χ1v) is 7.14. The number of rotatable bonds is 5. The minimum Gasteiger partial charge on any atom is -0.343 e. The SMILES string of the molecule is O=C(NCc1nc(-c2ccc([N+](=O)[O-])cc2)no1)c1cccc(F)c1. The molecule has 0 fully saturated rings. The van der Waals surface area contributed by atoms with Crippen molar-refractivity contribution in [3.05, 3.63) is 75.9 Å². The van der Waals surface area contributed by atoms with Gasteiger partial charge in [-0.15, -0.1) is 0 Å². The number of nitrogens with one attached hydrogen (secondary N) is 1. The molecule has 0 aliphatic rings.